The van der Waals surface area contributed by atoms with Crippen LogP contribution in [0.2, 0.25) is 0 Å². The molecule has 0 unspecified atom stereocenters. The minimum Gasteiger partial charge on any atom is -0.378 e. The van der Waals surface area contributed by atoms with Crippen LogP contribution in [0.5, 0.6) is 0 Å². The van der Waals surface area contributed by atoms with Crippen LogP contribution in [0, 0.1) is 7.14 Å². The third kappa shape index (κ3) is 2.80. The molecule has 1 aliphatic heterocycles. The Hall–Kier alpha value is 0.600. The van der Waals surface area contributed by atoms with Gasteiger partial charge in [-0.3, -0.25) is 0 Å². The Balaban J connectivity index is 2.21. The Kier molecular flexibility index (Phi) is 4.03. The smallest absolute Gasteiger partial charge is 0.0662 e. The van der Waals surface area contributed by atoms with Crippen LogP contribution in [-0.4, -0.2) is 19.8 Å². The van der Waals surface area contributed by atoms with Crippen molar-refractivity contribution >= 4 is 45.2 Å². The Morgan fingerprint density at radius 2 is 1.93 bits per heavy atom. The van der Waals surface area contributed by atoms with Gasteiger partial charge in [0.2, 0.25) is 0 Å². The molecule has 1 aromatic carbocycles. The van der Waals surface area contributed by atoms with Crippen molar-refractivity contribution in [2.75, 3.05) is 19.8 Å². The zero-order chi connectivity index (χ0) is 9.97. The Morgan fingerprint density at radius 3 is 2.50 bits per heavy atom. The number of halogens is 2. The summed E-state index contributed by atoms with van der Waals surface area (Å²) in [6, 6.07) is 6.98. The zero-order valence-corrected chi connectivity index (χ0v) is 11.9. The van der Waals surface area contributed by atoms with E-state index in [2.05, 4.69) is 68.7 Å². The second-order valence-electron chi connectivity index (χ2n) is 3.28. The molecule has 1 saturated heterocycles. The molecule has 1 fully saturated rings. The number of hydrogen-bond donors (Lipinski definition) is 1. The molecule has 0 amide bonds. The fraction of sp³-hybridized carbons (Fsp3) is 0.400. The number of rotatable bonds is 1. The van der Waals surface area contributed by atoms with Crippen LogP contribution in [0.1, 0.15) is 11.6 Å². The van der Waals surface area contributed by atoms with Crippen LogP contribution in [0.15, 0.2) is 18.2 Å². The summed E-state index contributed by atoms with van der Waals surface area (Å²) in [6.07, 6.45) is 0. The molecule has 14 heavy (non-hydrogen) atoms. The van der Waals surface area contributed by atoms with E-state index >= 15 is 0 Å². The predicted octanol–water partition coefficient (Wildman–Crippen LogP) is 2.56. The fourth-order valence-electron chi connectivity index (χ4n) is 1.56. The number of hydrogen-bond acceptors (Lipinski definition) is 2. The minimum atomic E-state index is 0.368. The van der Waals surface area contributed by atoms with E-state index in [0.29, 0.717) is 6.04 Å². The lowest BCUT2D eigenvalue weighted by atomic mass is 10.1. The highest BCUT2D eigenvalue weighted by Gasteiger charge is 2.15. The molecule has 0 saturated carbocycles. The van der Waals surface area contributed by atoms with Gasteiger partial charge < -0.3 is 10.1 Å². The number of nitrogens with one attached hydrogen (secondary N) is 1. The predicted molar refractivity (Wildman–Crippen MR) is 73.4 cm³/mol. The van der Waals surface area contributed by atoms with E-state index in [1.807, 2.05) is 0 Å². The highest BCUT2D eigenvalue weighted by atomic mass is 127. The summed E-state index contributed by atoms with van der Waals surface area (Å²) >= 11 is 4.71. The standard InChI is InChI=1S/C10H11I2NO/c11-8-3-7(4-9(12)5-8)10-6-14-2-1-13-10/h3-5,10,13H,1-2,6H2/t10-/m1/s1. The Bertz CT molecular complexity index is 304. The van der Waals surface area contributed by atoms with E-state index in [1.165, 1.54) is 12.7 Å². The van der Waals surface area contributed by atoms with Gasteiger partial charge >= 0.3 is 0 Å². The van der Waals surface area contributed by atoms with Gasteiger partial charge in [-0.1, -0.05) is 0 Å². The topological polar surface area (TPSA) is 21.3 Å². The number of ether oxygens (including phenoxy) is 1. The summed E-state index contributed by atoms with van der Waals surface area (Å²) in [5.74, 6) is 0. The van der Waals surface area contributed by atoms with Crippen molar-refractivity contribution in [3.05, 3.63) is 30.9 Å². The maximum absolute atomic E-state index is 5.45. The van der Waals surface area contributed by atoms with E-state index in [4.69, 9.17) is 4.74 Å². The van der Waals surface area contributed by atoms with E-state index in [-0.39, 0.29) is 0 Å². The van der Waals surface area contributed by atoms with Gasteiger partial charge in [-0.2, -0.15) is 0 Å². The third-order valence-electron chi connectivity index (χ3n) is 2.21. The molecule has 0 bridgehead atoms. The van der Waals surface area contributed by atoms with Gasteiger partial charge in [0.05, 0.1) is 19.3 Å². The lowest BCUT2D eigenvalue weighted by Gasteiger charge is -2.24. The summed E-state index contributed by atoms with van der Waals surface area (Å²) in [7, 11) is 0. The fourth-order valence-corrected chi connectivity index (χ4v) is 3.54. The maximum Gasteiger partial charge on any atom is 0.0662 e. The average Bonchev–Trinajstić information content (AvgIpc) is 2.18. The highest BCUT2D eigenvalue weighted by Crippen LogP contribution is 2.21. The van der Waals surface area contributed by atoms with E-state index in [1.54, 1.807) is 0 Å². The van der Waals surface area contributed by atoms with Crippen LogP contribution in [-0.2, 0) is 4.74 Å². The molecule has 1 aromatic rings. The van der Waals surface area contributed by atoms with Crippen LogP contribution in [0.3, 0.4) is 0 Å². The van der Waals surface area contributed by atoms with Crippen LogP contribution < -0.4 is 5.32 Å². The lowest BCUT2D eigenvalue weighted by molar-refractivity contribution is 0.0768. The van der Waals surface area contributed by atoms with Crippen LogP contribution in [0.4, 0.5) is 0 Å². The second-order valence-corrected chi connectivity index (χ2v) is 5.78. The molecule has 2 nitrogen and oxygen atoms in total. The molecule has 1 N–H and O–H groups in total. The molecular weight excluding hydrogens is 404 g/mol. The van der Waals surface area contributed by atoms with Gasteiger partial charge in [-0.05, 0) is 68.9 Å². The van der Waals surface area contributed by atoms with Crippen molar-refractivity contribution in [2.24, 2.45) is 0 Å². The third-order valence-corrected chi connectivity index (χ3v) is 3.45. The van der Waals surface area contributed by atoms with E-state index < -0.39 is 0 Å². The molecule has 2 rings (SSSR count). The van der Waals surface area contributed by atoms with Gasteiger partial charge in [0.15, 0.2) is 0 Å². The number of benzene rings is 1. The summed E-state index contributed by atoms with van der Waals surface area (Å²) in [4.78, 5) is 0. The van der Waals surface area contributed by atoms with Crippen LogP contribution >= 0.6 is 45.2 Å². The van der Waals surface area contributed by atoms with E-state index in [9.17, 15) is 0 Å². The normalized spacial score (nSPS) is 22.3. The zero-order valence-electron chi connectivity index (χ0n) is 7.59. The molecule has 1 heterocycles. The Morgan fingerprint density at radius 1 is 1.21 bits per heavy atom. The minimum absolute atomic E-state index is 0.368. The quantitative estimate of drug-likeness (QED) is 0.713. The average molecular weight is 415 g/mol. The molecule has 0 spiro atoms. The van der Waals surface area contributed by atoms with Crippen molar-refractivity contribution in [3.63, 3.8) is 0 Å². The molecule has 1 atom stereocenters. The Labute approximate surface area is 111 Å². The van der Waals surface area contributed by atoms with Crippen LogP contribution in [0.25, 0.3) is 0 Å². The molecule has 0 radical (unpaired) electrons. The molecule has 0 aliphatic carbocycles. The summed E-state index contributed by atoms with van der Waals surface area (Å²) in [5, 5.41) is 3.46. The second kappa shape index (κ2) is 5.09. The SMILES string of the molecule is Ic1cc(I)cc([C@H]2COCCN2)c1. The molecule has 4 heteroatoms. The van der Waals surface area contributed by atoms with Gasteiger partial charge in [-0.25, -0.2) is 0 Å². The summed E-state index contributed by atoms with van der Waals surface area (Å²) in [6.45, 7) is 2.57. The largest absolute Gasteiger partial charge is 0.378 e. The highest BCUT2D eigenvalue weighted by molar-refractivity contribution is 14.1. The maximum atomic E-state index is 5.45. The van der Waals surface area contributed by atoms with Crippen molar-refractivity contribution in [2.45, 2.75) is 6.04 Å². The van der Waals surface area contributed by atoms with Crippen molar-refractivity contribution in [1.29, 1.82) is 0 Å². The van der Waals surface area contributed by atoms with Gasteiger partial charge in [0.1, 0.15) is 0 Å². The van der Waals surface area contributed by atoms with Gasteiger partial charge in [-0.15, -0.1) is 0 Å². The summed E-state index contributed by atoms with van der Waals surface area (Å²) in [5.41, 5.74) is 1.33. The van der Waals surface area contributed by atoms with Gasteiger partial charge in [0, 0.05) is 13.7 Å². The summed E-state index contributed by atoms with van der Waals surface area (Å²) < 4.78 is 8.03. The lowest BCUT2D eigenvalue weighted by Crippen LogP contribution is -2.34. The molecule has 1 aliphatic rings. The van der Waals surface area contributed by atoms with Crippen molar-refractivity contribution < 1.29 is 4.74 Å². The monoisotopic (exact) mass is 415 g/mol. The molecule has 0 aromatic heterocycles. The first kappa shape index (κ1) is 11.1. The van der Waals surface area contributed by atoms with E-state index in [0.717, 1.165) is 19.8 Å². The van der Waals surface area contributed by atoms with Crippen molar-refractivity contribution in [3.8, 4) is 0 Å². The van der Waals surface area contributed by atoms with Gasteiger partial charge in [0.25, 0.3) is 0 Å². The first-order chi connectivity index (χ1) is 6.75. The first-order valence-electron chi connectivity index (χ1n) is 4.53. The molecular formula is C10H11I2NO. The first-order valence-corrected chi connectivity index (χ1v) is 6.68. The van der Waals surface area contributed by atoms with Crippen molar-refractivity contribution in [1.82, 2.24) is 5.32 Å². The molecule has 76 valence electrons. The number of morpholine rings is 1.